The molecule has 4 nitrogen and oxygen atoms in total. The smallest absolute Gasteiger partial charge is 0.223 e. The second kappa shape index (κ2) is 6.43. The minimum Gasteiger partial charge on any atom is -0.352 e. The van der Waals surface area contributed by atoms with Crippen LogP contribution in [0.3, 0.4) is 0 Å². The van der Waals surface area contributed by atoms with E-state index in [4.69, 9.17) is 0 Å². The van der Waals surface area contributed by atoms with E-state index in [0.717, 1.165) is 18.4 Å². The Hall–Kier alpha value is -1.62. The van der Waals surface area contributed by atoms with E-state index in [0.29, 0.717) is 4.90 Å². The van der Waals surface area contributed by atoms with Gasteiger partial charge in [0.2, 0.25) is 5.91 Å². The van der Waals surface area contributed by atoms with Gasteiger partial charge in [-0.25, -0.2) is 8.42 Å². The SMILES string of the molecule is Cc1ccc(S(=O)(=O)C[C@@H](C)NC(=O)C2CC=CC2)cc1. The predicted molar refractivity (Wildman–Crippen MR) is 82.7 cm³/mol. The Morgan fingerprint density at radius 2 is 1.81 bits per heavy atom. The van der Waals surface area contributed by atoms with E-state index in [-0.39, 0.29) is 17.6 Å². The van der Waals surface area contributed by atoms with Gasteiger partial charge in [-0.3, -0.25) is 4.79 Å². The molecule has 1 N–H and O–H groups in total. The third-order valence-electron chi connectivity index (χ3n) is 3.62. The van der Waals surface area contributed by atoms with Crippen LogP contribution in [0, 0.1) is 12.8 Å². The summed E-state index contributed by atoms with van der Waals surface area (Å²) in [6, 6.07) is 6.38. The first kappa shape index (κ1) is 15.8. The quantitative estimate of drug-likeness (QED) is 0.849. The fraction of sp³-hybridized carbons (Fsp3) is 0.438. The molecule has 1 atom stereocenters. The van der Waals surface area contributed by atoms with Crippen LogP contribution >= 0.6 is 0 Å². The zero-order chi connectivity index (χ0) is 15.5. The lowest BCUT2D eigenvalue weighted by atomic mass is 10.1. The number of nitrogens with one attached hydrogen (secondary N) is 1. The number of amides is 1. The fourth-order valence-corrected chi connectivity index (χ4v) is 3.89. The summed E-state index contributed by atoms with van der Waals surface area (Å²) in [6.45, 7) is 3.64. The van der Waals surface area contributed by atoms with Gasteiger partial charge in [-0.2, -0.15) is 0 Å². The summed E-state index contributed by atoms with van der Waals surface area (Å²) in [7, 11) is -3.38. The largest absolute Gasteiger partial charge is 0.352 e. The summed E-state index contributed by atoms with van der Waals surface area (Å²) >= 11 is 0. The zero-order valence-corrected chi connectivity index (χ0v) is 13.2. The number of benzene rings is 1. The Morgan fingerprint density at radius 1 is 1.24 bits per heavy atom. The van der Waals surface area contributed by atoms with Crippen molar-refractivity contribution in [1.82, 2.24) is 5.32 Å². The first-order valence-corrected chi connectivity index (χ1v) is 8.78. The van der Waals surface area contributed by atoms with Gasteiger partial charge in [0, 0.05) is 12.0 Å². The van der Waals surface area contributed by atoms with Crippen LogP contribution in [0.15, 0.2) is 41.3 Å². The number of rotatable bonds is 5. The highest BCUT2D eigenvalue weighted by molar-refractivity contribution is 7.91. The maximum atomic E-state index is 12.3. The minimum atomic E-state index is -3.38. The molecule has 114 valence electrons. The molecule has 0 heterocycles. The first-order chi connectivity index (χ1) is 9.88. The Bertz CT molecular complexity index is 624. The molecule has 5 heteroatoms. The van der Waals surface area contributed by atoms with E-state index in [1.807, 2.05) is 19.1 Å². The highest BCUT2D eigenvalue weighted by atomic mass is 32.2. The van der Waals surface area contributed by atoms with Crippen LogP contribution in [0.4, 0.5) is 0 Å². The number of allylic oxidation sites excluding steroid dienone is 2. The van der Waals surface area contributed by atoms with Crippen molar-refractivity contribution < 1.29 is 13.2 Å². The molecule has 0 spiro atoms. The van der Waals surface area contributed by atoms with E-state index in [2.05, 4.69) is 5.32 Å². The Labute approximate surface area is 126 Å². The highest BCUT2D eigenvalue weighted by Gasteiger charge is 2.24. The molecule has 0 aliphatic heterocycles. The first-order valence-electron chi connectivity index (χ1n) is 7.13. The Balaban J connectivity index is 1.96. The molecule has 2 rings (SSSR count). The predicted octanol–water partition coefficient (Wildman–Crippen LogP) is 2.24. The van der Waals surface area contributed by atoms with Crippen LogP contribution in [0.1, 0.15) is 25.3 Å². The lowest BCUT2D eigenvalue weighted by Gasteiger charge is -2.17. The molecule has 0 aromatic heterocycles. The van der Waals surface area contributed by atoms with Crippen molar-refractivity contribution in [3.63, 3.8) is 0 Å². The van der Waals surface area contributed by atoms with Gasteiger partial charge in [0.1, 0.15) is 0 Å². The third-order valence-corrected chi connectivity index (χ3v) is 5.55. The third kappa shape index (κ3) is 4.17. The molecule has 1 aliphatic rings. The summed E-state index contributed by atoms with van der Waals surface area (Å²) in [5, 5.41) is 2.80. The molecule has 1 aromatic rings. The van der Waals surface area contributed by atoms with E-state index in [1.165, 1.54) is 0 Å². The molecule has 1 amide bonds. The summed E-state index contributed by atoms with van der Waals surface area (Å²) < 4.78 is 24.6. The van der Waals surface area contributed by atoms with Crippen molar-refractivity contribution in [1.29, 1.82) is 0 Å². The van der Waals surface area contributed by atoms with Crippen LogP contribution < -0.4 is 5.32 Å². The van der Waals surface area contributed by atoms with Gasteiger partial charge in [-0.1, -0.05) is 29.8 Å². The maximum absolute atomic E-state index is 12.3. The average Bonchev–Trinajstić information content (AvgIpc) is 2.92. The molecule has 1 aromatic carbocycles. The molecule has 0 saturated carbocycles. The van der Waals surface area contributed by atoms with Crippen molar-refractivity contribution in [3.8, 4) is 0 Å². The standard InChI is InChI=1S/C16H21NO3S/c1-12-7-9-15(10-8-12)21(19,20)11-13(2)17-16(18)14-5-3-4-6-14/h3-4,7-10,13-14H,5-6,11H2,1-2H3,(H,17,18)/t13-/m1/s1. The van der Waals surface area contributed by atoms with Gasteiger partial charge in [-0.15, -0.1) is 0 Å². The van der Waals surface area contributed by atoms with Gasteiger partial charge in [0.05, 0.1) is 10.6 Å². The monoisotopic (exact) mass is 307 g/mol. The van der Waals surface area contributed by atoms with Crippen molar-refractivity contribution in [3.05, 3.63) is 42.0 Å². The molecule has 0 bridgehead atoms. The van der Waals surface area contributed by atoms with Crippen molar-refractivity contribution in [2.24, 2.45) is 5.92 Å². The number of carbonyl (C=O) groups is 1. The van der Waals surface area contributed by atoms with E-state index in [1.54, 1.807) is 31.2 Å². The van der Waals surface area contributed by atoms with Gasteiger partial charge < -0.3 is 5.32 Å². The van der Waals surface area contributed by atoms with Gasteiger partial charge in [0.25, 0.3) is 0 Å². The fourth-order valence-electron chi connectivity index (χ4n) is 2.40. The second-order valence-electron chi connectivity index (χ2n) is 5.64. The summed E-state index contributed by atoms with van der Waals surface area (Å²) in [6.07, 6.45) is 5.45. The number of aryl methyl sites for hydroxylation is 1. The average molecular weight is 307 g/mol. The summed E-state index contributed by atoms with van der Waals surface area (Å²) in [4.78, 5) is 12.3. The Kier molecular flexibility index (Phi) is 4.83. The van der Waals surface area contributed by atoms with Crippen molar-refractivity contribution in [2.75, 3.05) is 5.75 Å². The van der Waals surface area contributed by atoms with Crippen LogP contribution in [0.25, 0.3) is 0 Å². The minimum absolute atomic E-state index is 0.0467. The lowest BCUT2D eigenvalue weighted by Crippen LogP contribution is -2.40. The number of hydrogen-bond donors (Lipinski definition) is 1. The van der Waals surface area contributed by atoms with E-state index in [9.17, 15) is 13.2 Å². The summed E-state index contributed by atoms with van der Waals surface area (Å²) in [5.74, 6) is -0.191. The zero-order valence-electron chi connectivity index (χ0n) is 12.4. The van der Waals surface area contributed by atoms with Crippen LogP contribution in [0.5, 0.6) is 0 Å². The van der Waals surface area contributed by atoms with E-state index < -0.39 is 15.9 Å². The number of carbonyl (C=O) groups excluding carboxylic acids is 1. The molecule has 0 radical (unpaired) electrons. The van der Waals surface area contributed by atoms with Crippen LogP contribution in [-0.2, 0) is 14.6 Å². The highest BCUT2D eigenvalue weighted by Crippen LogP contribution is 2.18. The molecule has 21 heavy (non-hydrogen) atoms. The van der Waals surface area contributed by atoms with Crippen LogP contribution in [-0.4, -0.2) is 26.1 Å². The molecule has 0 unspecified atom stereocenters. The topological polar surface area (TPSA) is 63.2 Å². The molecular formula is C16H21NO3S. The number of sulfone groups is 1. The maximum Gasteiger partial charge on any atom is 0.223 e. The number of hydrogen-bond acceptors (Lipinski definition) is 3. The van der Waals surface area contributed by atoms with Gasteiger partial charge in [0.15, 0.2) is 9.84 Å². The molecule has 0 saturated heterocycles. The van der Waals surface area contributed by atoms with Crippen molar-refractivity contribution in [2.45, 2.75) is 37.6 Å². The lowest BCUT2D eigenvalue weighted by molar-refractivity contribution is -0.125. The Morgan fingerprint density at radius 3 is 2.38 bits per heavy atom. The molecular weight excluding hydrogens is 286 g/mol. The van der Waals surface area contributed by atoms with Gasteiger partial charge >= 0.3 is 0 Å². The normalized spacial score (nSPS) is 16.9. The second-order valence-corrected chi connectivity index (χ2v) is 7.68. The van der Waals surface area contributed by atoms with E-state index >= 15 is 0 Å². The van der Waals surface area contributed by atoms with Crippen molar-refractivity contribution >= 4 is 15.7 Å². The molecule has 1 aliphatic carbocycles. The molecule has 0 fully saturated rings. The van der Waals surface area contributed by atoms with Gasteiger partial charge in [-0.05, 0) is 38.8 Å². The summed E-state index contributed by atoms with van der Waals surface area (Å²) in [5.41, 5.74) is 1.02. The van der Waals surface area contributed by atoms with Crippen LogP contribution in [0.2, 0.25) is 0 Å².